The molecule has 24 heavy (non-hydrogen) atoms. The summed E-state index contributed by atoms with van der Waals surface area (Å²) in [5.74, 6) is 0.711. The first-order chi connectivity index (χ1) is 11.7. The Hall–Kier alpha value is -2.59. The maximum absolute atomic E-state index is 9.50. The molecule has 4 rings (SSSR count). The number of benzene rings is 2. The minimum absolute atomic E-state index is 0.0629. The summed E-state index contributed by atoms with van der Waals surface area (Å²) in [6.07, 6.45) is 2.57. The predicted molar refractivity (Wildman–Crippen MR) is 95.5 cm³/mol. The fraction of sp³-hybridized carbons (Fsp3) is 0.250. The number of nitrogens with two attached hydrogens (primary N) is 1. The Bertz CT molecular complexity index is 865. The van der Waals surface area contributed by atoms with Crippen LogP contribution in [-0.2, 0) is 13.2 Å². The van der Waals surface area contributed by atoms with Gasteiger partial charge in [-0.15, -0.1) is 0 Å². The van der Waals surface area contributed by atoms with Crippen LogP contribution < -0.4 is 5.73 Å². The van der Waals surface area contributed by atoms with E-state index in [4.69, 9.17) is 5.73 Å². The Morgan fingerprint density at radius 3 is 2.67 bits per heavy atom. The number of anilines is 1. The van der Waals surface area contributed by atoms with Crippen molar-refractivity contribution in [1.29, 1.82) is 0 Å². The van der Waals surface area contributed by atoms with Gasteiger partial charge in [-0.3, -0.25) is 4.68 Å². The van der Waals surface area contributed by atoms with E-state index in [0.717, 1.165) is 22.5 Å². The molecule has 4 heteroatoms. The molecule has 0 unspecified atom stereocenters. The first-order valence-electron chi connectivity index (χ1n) is 8.36. The minimum Gasteiger partial charge on any atom is -0.398 e. The van der Waals surface area contributed by atoms with Crippen molar-refractivity contribution in [3.8, 4) is 11.3 Å². The second kappa shape index (κ2) is 6.13. The van der Waals surface area contributed by atoms with Crippen LogP contribution in [0, 0.1) is 0 Å². The third kappa shape index (κ3) is 2.93. The number of nitrogen functional groups attached to an aromatic ring is 1. The molecule has 0 aliphatic heterocycles. The number of hydrogen-bond acceptors (Lipinski definition) is 3. The van der Waals surface area contributed by atoms with E-state index >= 15 is 0 Å². The van der Waals surface area contributed by atoms with Gasteiger partial charge in [-0.2, -0.15) is 5.10 Å². The smallest absolute Gasteiger partial charge is 0.0885 e. The Labute approximate surface area is 141 Å². The molecule has 2 aromatic carbocycles. The Kier molecular flexibility index (Phi) is 3.82. The summed E-state index contributed by atoms with van der Waals surface area (Å²) in [6.45, 7) is 0.530. The number of nitrogens with zero attached hydrogens (tertiary/aromatic N) is 2. The van der Waals surface area contributed by atoms with Gasteiger partial charge in [0.2, 0.25) is 0 Å². The summed E-state index contributed by atoms with van der Waals surface area (Å²) in [5.41, 5.74) is 12.1. The van der Waals surface area contributed by atoms with E-state index in [1.165, 1.54) is 18.4 Å². The lowest BCUT2D eigenvalue weighted by Crippen LogP contribution is -2.06. The lowest BCUT2D eigenvalue weighted by Gasteiger charge is -2.10. The van der Waals surface area contributed by atoms with Crippen LogP contribution in [0.3, 0.4) is 0 Å². The Balaban J connectivity index is 1.73. The van der Waals surface area contributed by atoms with Crippen LogP contribution in [-0.4, -0.2) is 14.9 Å². The van der Waals surface area contributed by atoms with Gasteiger partial charge in [0.1, 0.15) is 0 Å². The van der Waals surface area contributed by atoms with Crippen LogP contribution >= 0.6 is 0 Å². The van der Waals surface area contributed by atoms with Gasteiger partial charge in [0.05, 0.1) is 24.5 Å². The van der Waals surface area contributed by atoms with E-state index in [1.807, 2.05) is 35.0 Å². The monoisotopic (exact) mass is 319 g/mol. The van der Waals surface area contributed by atoms with Gasteiger partial charge in [-0.1, -0.05) is 36.4 Å². The summed E-state index contributed by atoms with van der Waals surface area (Å²) < 4.78 is 1.93. The van der Waals surface area contributed by atoms with Gasteiger partial charge in [0, 0.05) is 11.3 Å². The molecule has 1 heterocycles. The molecule has 1 fully saturated rings. The molecule has 4 nitrogen and oxygen atoms in total. The normalized spacial score (nSPS) is 14.0. The van der Waals surface area contributed by atoms with Gasteiger partial charge >= 0.3 is 0 Å². The second-order valence-electron chi connectivity index (χ2n) is 6.44. The lowest BCUT2D eigenvalue weighted by molar-refractivity contribution is 0.275. The van der Waals surface area contributed by atoms with Crippen LogP contribution in [0.25, 0.3) is 11.3 Å². The van der Waals surface area contributed by atoms with Crippen molar-refractivity contribution in [3.05, 3.63) is 71.4 Å². The number of hydrogen-bond donors (Lipinski definition) is 2. The van der Waals surface area contributed by atoms with Crippen LogP contribution in [0.5, 0.6) is 0 Å². The Morgan fingerprint density at radius 2 is 1.92 bits per heavy atom. The highest BCUT2D eigenvalue weighted by molar-refractivity contribution is 5.62. The predicted octanol–water partition coefficient (Wildman–Crippen LogP) is 3.55. The molecular weight excluding hydrogens is 298 g/mol. The van der Waals surface area contributed by atoms with Gasteiger partial charge in [-0.05, 0) is 48.1 Å². The summed E-state index contributed by atoms with van der Waals surface area (Å²) in [5, 5.41) is 14.0. The van der Waals surface area contributed by atoms with E-state index in [0.29, 0.717) is 18.2 Å². The summed E-state index contributed by atoms with van der Waals surface area (Å²) in [4.78, 5) is 0. The molecular formula is C20H21N3O. The molecule has 0 saturated heterocycles. The molecule has 3 N–H and O–H groups in total. The molecule has 0 amide bonds. The maximum Gasteiger partial charge on any atom is 0.0885 e. The summed E-state index contributed by atoms with van der Waals surface area (Å²) in [7, 11) is 0. The average Bonchev–Trinajstić information content (AvgIpc) is 3.38. The van der Waals surface area contributed by atoms with Crippen LogP contribution in [0.1, 0.15) is 35.6 Å². The first-order valence-corrected chi connectivity index (χ1v) is 8.36. The van der Waals surface area contributed by atoms with Crippen molar-refractivity contribution in [3.63, 3.8) is 0 Å². The molecule has 1 aliphatic rings. The largest absolute Gasteiger partial charge is 0.398 e. The van der Waals surface area contributed by atoms with E-state index in [9.17, 15) is 5.11 Å². The highest BCUT2D eigenvalue weighted by Crippen LogP contribution is 2.41. The van der Waals surface area contributed by atoms with Crippen molar-refractivity contribution in [1.82, 2.24) is 9.78 Å². The van der Waals surface area contributed by atoms with E-state index in [1.54, 1.807) is 0 Å². The molecule has 0 bridgehead atoms. The van der Waals surface area contributed by atoms with Crippen molar-refractivity contribution in [2.45, 2.75) is 31.9 Å². The average molecular weight is 319 g/mol. The van der Waals surface area contributed by atoms with Crippen molar-refractivity contribution in [2.75, 3.05) is 5.73 Å². The lowest BCUT2D eigenvalue weighted by atomic mass is 10.0. The van der Waals surface area contributed by atoms with E-state index in [-0.39, 0.29) is 6.61 Å². The minimum atomic E-state index is -0.0629. The molecule has 3 aromatic rings. The fourth-order valence-corrected chi connectivity index (χ4v) is 3.11. The van der Waals surface area contributed by atoms with Crippen molar-refractivity contribution < 1.29 is 5.11 Å². The van der Waals surface area contributed by atoms with Gasteiger partial charge < -0.3 is 10.8 Å². The van der Waals surface area contributed by atoms with Crippen LogP contribution in [0.2, 0.25) is 0 Å². The molecule has 0 atom stereocenters. The number of aliphatic hydroxyl groups is 1. The highest BCUT2D eigenvalue weighted by atomic mass is 16.3. The zero-order valence-electron chi connectivity index (χ0n) is 13.5. The van der Waals surface area contributed by atoms with Crippen molar-refractivity contribution in [2.24, 2.45) is 0 Å². The molecule has 1 aromatic heterocycles. The topological polar surface area (TPSA) is 64.1 Å². The zero-order valence-corrected chi connectivity index (χ0v) is 13.5. The number of aliphatic hydroxyl groups excluding tert-OH is 1. The Morgan fingerprint density at radius 1 is 1.08 bits per heavy atom. The quantitative estimate of drug-likeness (QED) is 0.707. The molecule has 0 radical (unpaired) electrons. The third-order valence-corrected chi connectivity index (χ3v) is 4.60. The van der Waals surface area contributed by atoms with Gasteiger partial charge in [-0.25, -0.2) is 0 Å². The van der Waals surface area contributed by atoms with Crippen LogP contribution in [0.15, 0.2) is 54.6 Å². The van der Waals surface area contributed by atoms with E-state index < -0.39 is 0 Å². The summed E-state index contributed by atoms with van der Waals surface area (Å²) >= 11 is 0. The standard InChI is InChI=1S/C20H21N3O/c21-19-7-2-1-4-17(19)12-23-20(11-18(13-24)22-23)16-6-3-5-15(10-16)14-8-9-14/h1-7,10-11,14,24H,8-9,12-13,21H2. The zero-order chi connectivity index (χ0) is 16.5. The van der Waals surface area contributed by atoms with E-state index in [2.05, 4.69) is 29.4 Å². The van der Waals surface area contributed by atoms with Gasteiger partial charge in [0.15, 0.2) is 0 Å². The molecule has 1 aliphatic carbocycles. The molecule has 122 valence electrons. The number of para-hydroxylation sites is 1. The number of rotatable bonds is 5. The third-order valence-electron chi connectivity index (χ3n) is 4.60. The molecule has 0 spiro atoms. The number of aromatic nitrogens is 2. The van der Waals surface area contributed by atoms with Crippen LogP contribution in [0.4, 0.5) is 5.69 Å². The van der Waals surface area contributed by atoms with Crippen molar-refractivity contribution >= 4 is 5.69 Å². The highest BCUT2D eigenvalue weighted by Gasteiger charge is 2.24. The summed E-state index contributed by atoms with van der Waals surface area (Å²) in [6, 6.07) is 18.5. The fourth-order valence-electron chi connectivity index (χ4n) is 3.11. The first kappa shape index (κ1) is 15.0. The second-order valence-corrected chi connectivity index (χ2v) is 6.44. The van der Waals surface area contributed by atoms with Gasteiger partial charge in [0.25, 0.3) is 0 Å². The molecule has 1 saturated carbocycles. The SMILES string of the molecule is Nc1ccccc1Cn1nc(CO)cc1-c1cccc(C2CC2)c1. The maximum atomic E-state index is 9.50.